The van der Waals surface area contributed by atoms with E-state index in [1.54, 1.807) is 16.7 Å². The van der Waals surface area contributed by atoms with Crippen molar-refractivity contribution < 1.29 is 0 Å². The Bertz CT molecular complexity index is 1970. The maximum Gasteiger partial charge on any atom is 0.0578 e. The molecule has 0 aliphatic heterocycles. The van der Waals surface area contributed by atoms with Crippen LogP contribution in [0.1, 0.15) is 104 Å². The molecule has 1 heterocycles. The zero-order valence-electron chi connectivity index (χ0n) is 28.0. The summed E-state index contributed by atoms with van der Waals surface area (Å²) in [5, 5.41) is 2.77. The van der Waals surface area contributed by atoms with Gasteiger partial charge < -0.3 is 4.57 Å². The number of benzene rings is 5. The zero-order chi connectivity index (χ0) is 31.6. The topological polar surface area (TPSA) is 4.93 Å². The fourth-order valence-electron chi connectivity index (χ4n) is 7.37. The van der Waals surface area contributed by atoms with E-state index in [9.17, 15) is 0 Å². The number of hydrogen-bond acceptors (Lipinski definition) is 0. The Kier molecular flexibility index (Phi) is 8.67. The van der Waals surface area contributed by atoms with Crippen LogP contribution < -0.4 is 0 Å². The maximum atomic E-state index is 2.58. The smallest absolute Gasteiger partial charge is 0.0578 e. The number of allylic oxidation sites excluding steroid dienone is 1. The van der Waals surface area contributed by atoms with Crippen LogP contribution in [0, 0.1) is 13.8 Å². The van der Waals surface area contributed by atoms with Gasteiger partial charge in [-0.05, 0) is 121 Å². The number of para-hydroxylation sites is 1. The molecular formula is C45H47N. The Morgan fingerprint density at radius 2 is 1.30 bits per heavy atom. The minimum absolute atomic E-state index is 0.575. The summed E-state index contributed by atoms with van der Waals surface area (Å²) >= 11 is 0. The van der Waals surface area contributed by atoms with Crippen LogP contribution in [-0.4, -0.2) is 4.57 Å². The highest BCUT2D eigenvalue weighted by atomic mass is 15.0. The summed E-state index contributed by atoms with van der Waals surface area (Å²) in [4.78, 5) is 0. The van der Waals surface area contributed by atoms with Crippen LogP contribution in [0.4, 0.5) is 0 Å². The van der Waals surface area contributed by atoms with Crippen molar-refractivity contribution in [2.75, 3.05) is 0 Å². The molecule has 2 aliphatic rings. The molecule has 46 heavy (non-hydrogen) atoms. The van der Waals surface area contributed by atoms with Crippen molar-refractivity contribution in [3.05, 3.63) is 154 Å². The largest absolute Gasteiger partial charge is 0.309 e. The molecule has 0 radical (unpaired) electrons. The molecule has 2 saturated carbocycles. The molecule has 1 aromatic heterocycles. The average molecular weight is 602 g/mol. The molecule has 1 heteroatoms. The normalized spacial score (nSPS) is 15.2. The summed E-state index contributed by atoms with van der Waals surface area (Å²) in [6, 6.07) is 42.7. The van der Waals surface area contributed by atoms with Gasteiger partial charge >= 0.3 is 0 Å². The van der Waals surface area contributed by atoms with E-state index in [1.807, 2.05) is 0 Å². The molecule has 0 saturated heterocycles. The van der Waals surface area contributed by atoms with Crippen molar-refractivity contribution in [2.45, 2.75) is 84.5 Å². The van der Waals surface area contributed by atoms with Crippen molar-refractivity contribution in [1.29, 1.82) is 0 Å². The highest BCUT2D eigenvalue weighted by molar-refractivity contribution is 6.10. The lowest BCUT2D eigenvalue weighted by Crippen LogP contribution is -2.14. The minimum Gasteiger partial charge on any atom is -0.309 e. The highest BCUT2D eigenvalue weighted by Gasteiger charge is 2.29. The van der Waals surface area contributed by atoms with Gasteiger partial charge in [0.1, 0.15) is 0 Å². The maximum absolute atomic E-state index is 2.58. The number of aryl methyl sites for hydroxylation is 2. The number of aromatic nitrogens is 1. The lowest BCUT2D eigenvalue weighted by molar-refractivity contribution is 0.417. The van der Waals surface area contributed by atoms with Crippen molar-refractivity contribution in [3.8, 4) is 5.69 Å². The van der Waals surface area contributed by atoms with Crippen LogP contribution in [0.3, 0.4) is 0 Å². The molecule has 0 bridgehead atoms. The molecule has 2 fully saturated rings. The number of rotatable bonds is 6. The van der Waals surface area contributed by atoms with Gasteiger partial charge in [-0.3, -0.25) is 0 Å². The first kappa shape index (κ1) is 30.3. The van der Waals surface area contributed by atoms with E-state index in [0.29, 0.717) is 11.8 Å². The fourth-order valence-corrected chi connectivity index (χ4v) is 7.37. The van der Waals surface area contributed by atoms with Crippen LogP contribution in [0.25, 0.3) is 33.1 Å². The first-order chi connectivity index (χ1) is 22.5. The molecule has 6 aromatic rings. The van der Waals surface area contributed by atoms with Crippen molar-refractivity contribution in [3.63, 3.8) is 0 Å². The van der Waals surface area contributed by atoms with Gasteiger partial charge in [-0.25, -0.2) is 0 Å². The second-order valence-corrected chi connectivity index (χ2v) is 13.6. The SMILES string of the molecule is CCC(C)c1ccc2c3ccccc3n(-c3ccc(C(=C4CCC4)c4ccccc4)cc3)c2c1C1CCC1.Cc1ccccc1C. The predicted molar refractivity (Wildman–Crippen MR) is 198 cm³/mol. The Labute approximate surface area is 275 Å². The van der Waals surface area contributed by atoms with E-state index in [2.05, 4.69) is 148 Å². The van der Waals surface area contributed by atoms with Crippen molar-refractivity contribution in [1.82, 2.24) is 4.57 Å². The predicted octanol–water partition coefficient (Wildman–Crippen LogP) is 12.9. The van der Waals surface area contributed by atoms with Crippen molar-refractivity contribution >= 4 is 27.4 Å². The minimum atomic E-state index is 0.575. The third-order valence-electron chi connectivity index (χ3n) is 10.8. The van der Waals surface area contributed by atoms with Gasteiger partial charge in [-0.15, -0.1) is 0 Å². The van der Waals surface area contributed by atoms with Gasteiger partial charge in [0, 0.05) is 16.5 Å². The highest BCUT2D eigenvalue weighted by Crippen LogP contribution is 2.47. The molecule has 0 N–H and O–H groups in total. The Balaban J connectivity index is 0.000000371. The van der Waals surface area contributed by atoms with E-state index in [1.165, 1.54) is 100 Å². The molecule has 8 rings (SSSR count). The number of hydrogen-bond donors (Lipinski definition) is 0. The summed E-state index contributed by atoms with van der Waals surface area (Å²) in [6.07, 6.45) is 8.93. The zero-order valence-corrected chi connectivity index (χ0v) is 28.0. The number of nitrogens with zero attached hydrogens (tertiary/aromatic N) is 1. The van der Waals surface area contributed by atoms with E-state index in [0.717, 1.165) is 0 Å². The second-order valence-electron chi connectivity index (χ2n) is 13.6. The van der Waals surface area contributed by atoms with Gasteiger partial charge in [0.05, 0.1) is 11.0 Å². The van der Waals surface area contributed by atoms with Gasteiger partial charge in [0.25, 0.3) is 0 Å². The summed E-state index contributed by atoms with van der Waals surface area (Å²) in [5.74, 6) is 1.25. The van der Waals surface area contributed by atoms with Crippen LogP contribution in [0.15, 0.2) is 121 Å². The summed E-state index contributed by atoms with van der Waals surface area (Å²) < 4.78 is 2.58. The molecule has 0 spiro atoms. The van der Waals surface area contributed by atoms with Crippen molar-refractivity contribution in [2.24, 2.45) is 0 Å². The standard InChI is InChI=1S/C37H37N.C8H10/c1-3-25(2)31-23-24-33-32-17-7-8-18-34(32)38(37(33)36(31)28-15-10-16-28)30-21-19-29(20-22-30)35(27-13-9-14-27)26-11-5-4-6-12-26;1-7-5-3-4-6-8(7)2/h4-8,11-12,17-25,28H,3,9-10,13-16H2,1-2H3;3-6H,1-2H3. The lowest BCUT2D eigenvalue weighted by Gasteiger charge is -2.31. The molecule has 5 aromatic carbocycles. The van der Waals surface area contributed by atoms with E-state index >= 15 is 0 Å². The van der Waals surface area contributed by atoms with Crippen LogP contribution >= 0.6 is 0 Å². The molecule has 1 nitrogen and oxygen atoms in total. The van der Waals surface area contributed by atoms with E-state index in [4.69, 9.17) is 0 Å². The number of fused-ring (bicyclic) bond motifs is 3. The van der Waals surface area contributed by atoms with Gasteiger partial charge in [-0.2, -0.15) is 0 Å². The van der Waals surface area contributed by atoms with E-state index < -0.39 is 0 Å². The Hall–Kier alpha value is -4.36. The first-order valence-corrected chi connectivity index (χ1v) is 17.5. The monoisotopic (exact) mass is 601 g/mol. The lowest BCUT2D eigenvalue weighted by atomic mass is 9.75. The third-order valence-corrected chi connectivity index (χ3v) is 10.8. The van der Waals surface area contributed by atoms with Crippen LogP contribution in [0.2, 0.25) is 0 Å². The molecule has 0 amide bonds. The average Bonchev–Trinajstić information content (AvgIpc) is 3.39. The quantitative estimate of drug-likeness (QED) is 0.179. The third kappa shape index (κ3) is 5.62. The van der Waals surface area contributed by atoms with Gasteiger partial charge in [0.15, 0.2) is 0 Å². The molecule has 232 valence electrons. The van der Waals surface area contributed by atoms with Crippen LogP contribution in [-0.2, 0) is 0 Å². The van der Waals surface area contributed by atoms with Gasteiger partial charge in [-0.1, -0.05) is 123 Å². The molecule has 1 unspecified atom stereocenters. The molecular weight excluding hydrogens is 555 g/mol. The molecule has 1 atom stereocenters. The molecule has 2 aliphatic carbocycles. The van der Waals surface area contributed by atoms with E-state index in [-0.39, 0.29) is 0 Å². The second kappa shape index (κ2) is 13.2. The fraction of sp³-hybridized carbons (Fsp3) is 0.289. The Morgan fingerprint density at radius 1 is 0.674 bits per heavy atom. The van der Waals surface area contributed by atoms with Gasteiger partial charge in [0.2, 0.25) is 0 Å². The Morgan fingerprint density at radius 3 is 1.89 bits per heavy atom. The summed E-state index contributed by atoms with van der Waals surface area (Å²) in [7, 11) is 0. The summed E-state index contributed by atoms with van der Waals surface area (Å²) in [5.41, 5.74) is 15.7. The first-order valence-electron chi connectivity index (χ1n) is 17.5. The summed E-state index contributed by atoms with van der Waals surface area (Å²) in [6.45, 7) is 8.98. The van der Waals surface area contributed by atoms with Crippen LogP contribution in [0.5, 0.6) is 0 Å².